The fourth-order valence-corrected chi connectivity index (χ4v) is 2.47. The molecule has 1 aromatic heterocycles. The van der Waals surface area contributed by atoms with Gasteiger partial charge in [-0.15, -0.1) is 0 Å². The Morgan fingerprint density at radius 3 is 3.10 bits per heavy atom. The summed E-state index contributed by atoms with van der Waals surface area (Å²) in [6.07, 6.45) is 3.39. The minimum absolute atomic E-state index is 0.148. The summed E-state index contributed by atoms with van der Waals surface area (Å²) in [5.41, 5.74) is 2.14. The van der Waals surface area contributed by atoms with Crippen LogP contribution in [0.4, 0.5) is 17.5 Å². The van der Waals surface area contributed by atoms with Gasteiger partial charge in [0.15, 0.2) is 0 Å². The van der Waals surface area contributed by atoms with Gasteiger partial charge < -0.3 is 5.32 Å². The number of hydrogen-bond donors (Lipinski definition) is 3. The van der Waals surface area contributed by atoms with E-state index >= 15 is 0 Å². The number of nitro groups is 1. The Balaban J connectivity index is 2.09. The van der Waals surface area contributed by atoms with Crippen LogP contribution in [-0.2, 0) is 0 Å². The van der Waals surface area contributed by atoms with Crippen molar-refractivity contribution < 1.29 is 4.92 Å². The number of nitrogens with zero attached hydrogens (tertiary/aromatic N) is 4. The topological polar surface area (TPSA) is 122 Å². The van der Waals surface area contributed by atoms with Gasteiger partial charge in [0.25, 0.3) is 0 Å². The highest BCUT2D eigenvalue weighted by Crippen LogP contribution is 2.23. The number of nitrogens with two attached hydrogens (primary N) is 1. The van der Waals surface area contributed by atoms with Crippen LogP contribution in [0, 0.1) is 10.1 Å². The van der Waals surface area contributed by atoms with Crippen molar-refractivity contribution in [2.45, 2.75) is 25.8 Å². The zero-order chi connectivity index (χ0) is 14.5. The third-order valence-corrected chi connectivity index (χ3v) is 3.51. The van der Waals surface area contributed by atoms with Crippen LogP contribution in [0.1, 0.15) is 19.8 Å². The smallest absolute Gasteiger partial charge is 0.329 e. The highest BCUT2D eigenvalue weighted by molar-refractivity contribution is 5.56. The molecule has 1 atom stereocenters. The zero-order valence-electron chi connectivity index (χ0n) is 11.4. The molecule has 110 valence electrons. The SMILES string of the molecule is CCN1CCCC1CNc1nc(NN)ncc1[N+](=O)[O-]. The normalized spacial score (nSPS) is 19.0. The highest BCUT2D eigenvalue weighted by Gasteiger charge is 2.24. The second-order valence-corrected chi connectivity index (χ2v) is 4.63. The summed E-state index contributed by atoms with van der Waals surface area (Å²) < 4.78 is 0. The van der Waals surface area contributed by atoms with E-state index in [9.17, 15) is 10.1 Å². The van der Waals surface area contributed by atoms with Crippen LogP contribution in [0.2, 0.25) is 0 Å². The maximum absolute atomic E-state index is 11.0. The van der Waals surface area contributed by atoms with E-state index in [-0.39, 0.29) is 17.5 Å². The quantitative estimate of drug-likeness (QED) is 0.393. The molecular formula is C11H19N7O2. The van der Waals surface area contributed by atoms with Crippen LogP contribution in [-0.4, -0.2) is 45.5 Å². The Morgan fingerprint density at radius 1 is 1.65 bits per heavy atom. The van der Waals surface area contributed by atoms with Crippen molar-refractivity contribution in [2.75, 3.05) is 30.4 Å². The van der Waals surface area contributed by atoms with Crippen molar-refractivity contribution >= 4 is 17.5 Å². The first kappa shape index (κ1) is 14.4. The van der Waals surface area contributed by atoms with Crippen molar-refractivity contribution in [3.05, 3.63) is 16.3 Å². The lowest BCUT2D eigenvalue weighted by molar-refractivity contribution is -0.384. The van der Waals surface area contributed by atoms with Gasteiger partial charge in [-0.3, -0.25) is 20.4 Å². The van der Waals surface area contributed by atoms with Gasteiger partial charge in [-0.2, -0.15) is 4.98 Å². The Kier molecular flexibility index (Phi) is 4.64. The van der Waals surface area contributed by atoms with E-state index < -0.39 is 4.92 Å². The predicted octanol–water partition coefficient (Wildman–Crippen LogP) is 0.567. The number of nitrogens with one attached hydrogen (secondary N) is 2. The molecule has 0 spiro atoms. The number of likely N-dealkylation sites (N-methyl/N-ethyl adjacent to an activating group) is 1. The van der Waals surface area contributed by atoms with Crippen LogP contribution in [0.15, 0.2) is 6.20 Å². The maximum atomic E-state index is 11.0. The van der Waals surface area contributed by atoms with Gasteiger partial charge in [-0.05, 0) is 25.9 Å². The van der Waals surface area contributed by atoms with E-state index in [1.54, 1.807) is 0 Å². The highest BCUT2D eigenvalue weighted by atomic mass is 16.6. The molecule has 0 amide bonds. The molecule has 0 aliphatic carbocycles. The van der Waals surface area contributed by atoms with Gasteiger partial charge in [0.2, 0.25) is 11.8 Å². The molecule has 1 fully saturated rings. The number of hydrogen-bond acceptors (Lipinski definition) is 8. The largest absolute Gasteiger partial charge is 0.363 e. The monoisotopic (exact) mass is 281 g/mol. The van der Waals surface area contributed by atoms with E-state index in [0.717, 1.165) is 32.1 Å². The summed E-state index contributed by atoms with van der Waals surface area (Å²) in [6, 6.07) is 0.379. The Morgan fingerprint density at radius 2 is 2.45 bits per heavy atom. The lowest BCUT2D eigenvalue weighted by Crippen LogP contribution is -2.34. The van der Waals surface area contributed by atoms with Crippen LogP contribution >= 0.6 is 0 Å². The first-order valence-corrected chi connectivity index (χ1v) is 6.61. The zero-order valence-corrected chi connectivity index (χ0v) is 11.4. The summed E-state index contributed by atoms with van der Waals surface area (Å²) in [4.78, 5) is 20.6. The standard InChI is InChI=1S/C11H19N7O2/c1-2-17-5-3-4-8(17)6-13-10-9(18(19)20)7-14-11(15-10)16-12/h7-8H,2-6,12H2,1H3,(H2,13,14,15,16). The van der Waals surface area contributed by atoms with Gasteiger partial charge in [0, 0.05) is 12.6 Å². The Labute approximate surface area is 116 Å². The van der Waals surface area contributed by atoms with Crippen molar-refractivity contribution in [2.24, 2.45) is 5.84 Å². The maximum Gasteiger partial charge on any atom is 0.329 e. The fraction of sp³-hybridized carbons (Fsp3) is 0.636. The minimum Gasteiger partial charge on any atom is -0.363 e. The van der Waals surface area contributed by atoms with E-state index in [1.165, 1.54) is 0 Å². The fourth-order valence-electron chi connectivity index (χ4n) is 2.47. The third kappa shape index (κ3) is 3.11. The molecule has 1 aliphatic heterocycles. The average Bonchev–Trinajstić information content (AvgIpc) is 2.91. The van der Waals surface area contributed by atoms with E-state index in [0.29, 0.717) is 12.6 Å². The van der Waals surface area contributed by atoms with Crippen LogP contribution in [0.25, 0.3) is 0 Å². The summed E-state index contributed by atoms with van der Waals surface area (Å²) in [7, 11) is 0. The number of rotatable bonds is 6. The van der Waals surface area contributed by atoms with Gasteiger partial charge in [0.1, 0.15) is 6.20 Å². The van der Waals surface area contributed by atoms with Gasteiger partial charge in [-0.25, -0.2) is 10.8 Å². The molecule has 9 nitrogen and oxygen atoms in total. The lowest BCUT2D eigenvalue weighted by atomic mass is 10.2. The molecule has 4 N–H and O–H groups in total. The van der Waals surface area contributed by atoms with E-state index in [1.807, 2.05) is 0 Å². The molecule has 9 heteroatoms. The predicted molar refractivity (Wildman–Crippen MR) is 75.3 cm³/mol. The first-order valence-electron chi connectivity index (χ1n) is 6.61. The van der Waals surface area contributed by atoms with Crippen molar-refractivity contribution in [1.82, 2.24) is 14.9 Å². The molecule has 1 saturated heterocycles. The molecule has 0 saturated carbocycles. The molecule has 0 bridgehead atoms. The summed E-state index contributed by atoms with van der Waals surface area (Å²) in [6.45, 7) is 4.79. The molecule has 1 aromatic rings. The van der Waals surface area contributed by atoms with Crippen molar-refractivity contribution in [1.29, 1.82) is 0 Å². The second kappa shape index (κ2) is 6.44. The van der Waals surface area contributed by atoms with Crippen molar-refractivity contribution in [3.8, 4) is 0 Å². The molecule has 2 heterocycles. The number of likely N-dealkylation sites (tertiary alicyclic amines) is 1. The molecule has 2 rings (SSSR count). The molecule has 0 aromatic carbocycles. The number of aromatic nitrogens is 2. The minimum atomic E-state index is -0.505. The van der Waals surface area contributed by atoms with Crippen LogP contribution in [0.3, 0.4) is 0 Å². The molecule has 1 unspecified atom stereocenters. The molecule has 20 heavy (non-hydrogen) atoms. The Hall–Kier alpha value is -2.00. The third-order valence-electron chi connectivity index (χ3n) is 3.51. The summed E-state index contributed by atoms with van der Waals surface area (Å²) in [5, 5.41) is 14.0. The van der Waals surface area contributed by atoms with Gasteiger partial charge >= 0.3 is 5.69 Å². The lowest BCUT2D eigenvalue weighted by Gasteiger charge is -2.23. The van der Waals surface area contributed by atoms with Gasteiger partial charge in [-0.1, -0.05) is 6.92 Å². The molecule has 0 radical (unpaired) electrons. The summed E-state index contributed by atoms with van der Waals surface area (Å²) in [5.74, 6) is 5.57. The molecule has 1 aliphatic rings. The number of anilines is 2. The second-order valence-electron chi connectivity index (χ2n) is 4.63. The van der Waals surface area contributed by atoms with E-state index in [2.05, 4.69) is 32.5 Å². The van der Waals surface area contributed by atoms with E-state index in [4.69, 9.17) is 5.84 Å². The number of nitrogen functional groups attached to an aromatic ring is 1. The van der Waals surface area contributed by atoms with Crippen molar-refractivity contribution in [3.63, 3.8) is 0 Å². The Bertz CT molecular complexity index is 482. The van der Waals surface area contributed by atoms with Crippen LogP contribution < -0.4 is 16.6 Å². The number of hydrazine groups is 1. The summed E-state index contributed by atoms with van der Waals surface area (Å²) >= 11 is 0. The van der Waals surface area contributed by atoms with Gasteiger partial charge in [0.05, 0.1) is 4.92 Å². The molecular weight excluding hydrogens is 262 g/mol. The first-order chi connectivity index (χ1) is 9.65. The average molecular weight is 281 g/mol. The van der Waals surface area contributed by atoms with Crippen LogP contribution in [0.5, 0.6) is 0 Å².